The van der Waals surface area contributed by atoms with E-state index in [0.29, 0.717) is 17.4 Å². The van der Waals surface area contributed by atoms with Crippen LogP contribution in [0, 0.1) is 0 Å². The maximum absolute atomic E-state index is 12.5. The zero-order chi connectivity index (χ0) is 35.8. The van der Waals surface area contributed by atoms with Crippen molar-refractivity contribution in [2.45, 2.75) is 161 Å². The van der Waals surface area contributed by atoms with Gasteiger partial charge in [-0.05, 0) is 19.3 Å². The van der Waals surface area contributed by atoms with Crippen molar-refractivity contribution >= 4 is 19.8 Å². The number of unbranched alkanes of at least 4 members (excludes halogenated alkanes) is 19. The lowest BCUT2D eigenvalue weighted by atomic mass is 10.1. The summed E-state index contributed by atoms with van der Waals surface area (Å²) in [6.45, 7) is 4.06. The van der Waals surface area contributed by atoms with E-state index < -0.39 is 32.5 Å². The minimum absolute atomic E-state index is 0.0418. The number of ether oxygens (including phenoxy) is 2. The van der Waals surface area contributed by atoms with Crippen LogP contribution in [-0.4, -0.2) is 70.0 Å². The largest absolute Gasteiger partial charge is 0.756 e. The minimum Gasteiger partial charge on any atom is -0.756 e. The third kappa shape index (κ3) is 34.4. The van der Waals surface area contributed by atoms with E-state index in [1.54, 1.807) is 6.08 Å². The number of phosphoric ester groups is 1. The van der Waals surface area contributed by atoms with Gasteiger partial charge in [0.15, 0.2) is 6.10 Å². The molecule has 0 aliphatic rings. The van der Waals surface area contributed by atoms with E-state index in [-0.39, 0.29) is 19.6 Å². The predicted molar refractivity (Wildman–Crippen MR) is 194 cm³/mol. The number of hydrogen-bond donors (Lipinski definition) is 0. The third-order valence-corrected chi connectivity index (χ3v) is 9.04. The SMILES string of the molecule is CCCCCCCCCCCCC/C=C/C=C/C(=O)OC[C@@H](COP(=O)([O-])OCC[N+](C)(C)C)OC(=O)CCCCCCCCCCC. The van der Waals surface area contributed by atoms with E-state index >= 15 is 0 Å². The highest BCUT2D eigenvalue weighted by atomic mass is 31.2. The van der Waals surface area contributed by atoms with Crippen molar-refractivity contribution in [3.05, 3.63) is 24.3 Å². The molecule has 282 valence electrons. The zero-order valence-electron chi connectivity index (χ0n) is 31.4. The molecule has 0 bridgehead atoms. The van der Waals surface area contributed by atoms with Gasteiger partial charge in [0.05, 0.1) is 27.7 Å². The Morgan fingerprint density at radius 2 is 1.19 bits per heavy atom. The average molecular weight is 702 g/mol. The highest BCUT2D eigenvalue weighted by Crippen LogP contribution is 2.38. The molecule has 0 aromatic carbocycles. The predicted octanol–water partition coefficient (Wildman–Crippen LogP) is 9.38. The van der Waals surface area contributed by atoms with E-state index in [1.165, 1.54) is 102 Å². The number of carbonyl (C=O) groups is 2. The van der Waals surface area contributed by atoms with Crippen LogP contribution in [0.25, 0.3) is 0 Å². The van der Waals surface area contributed by atoms with Crippen molar-refractivity contribution in [2.75, 3.05) is 47.5 Å². The maximum atomic E-state index is 12.5. The molecule has 0 N–H and O–H groups in total. The molecule has 48 heavy (non-hydrogen) atoms. The fourth-order valence-corrected chi connectivity index (χ4v) is 5.77. The van der Waals surface area contributed by atoms with Crippen LogP contribution in [0.2, 0.25) is 0 Å². The summed E-state index contributed by atoms with van der Waals surface area (Å²) in [7, 11) is 1.12. The Morgan fingerprint density at radius 1 is 0.688 bits per heavy atom. The van der Waals surface area contributed by atoms with Crippen LogP contribution in [0.3, 0.4) is 0 Å². The number of likely N-dealkylation sites (N-methyl/N-ethyl adjacent to an activating group) is 1. The topological polar surface area (TPSA) is 111 Å². The normalized spacial score (nSPS) is 14.0. The molecule has 0 heterocycles. The molecule has 0 radical (unpaired) electrons. The van der Waals surface area contributed by atoms with Gasteiger partial charge in [-0.25, -0.2) is 4.79 Å². The van der Waals surface area contributed by atoms with Crippen LogP contribution in [0.15, 0.2) is 24.3 Å². The lowest BCUT2D eigenvalue weighted by Crippen LogP contribution is -2.37. The standard InChI is InChI=1S/C38H72NO8P/c1-6-8-10-12-14-16-17-18-19-20-21-23-24-26-28-30-37(40)44-34-36(35-46-48(42,43)45-33-32-39(3,4)5)47-38(41)31-29-27-25-22-15-13-11-9-7-2/h24,26,28,30,36H,6-23,25,27,29,31-35H2,1-5H3/b26-24+,30-28+/t36-/m0/s1. The summed E-state index contributed by atoms with van der Waals surface area (Å²) < 4.78 is 33.5. The molecule has 0 fully saturated rings. The highest BCUT2D eigenvalue weighted by Gasteiger charge is 2.21. The maximum Gasteiger partial charge on any atom is 0.330 e. The monoisotopic (exact) mass is 701 g/mol. The van der Waals surface area contributed by atoms with Gasteiger partial charge in [0, 0.05) is 12.5 Å². The van der Waals surface area contributed by atoms with Crippen LogP contribution < -0.4 is 4.89 Å². The second-order valence-electron chi connectivity index (χ2n) is 14.0. The summed E-state index contributed by atoms with van der Waals surface area (Å²) in [5.74, 6) is -1.09. The Bertz CT molecular complexity index is 886. The highest BCUT2D eigenvalue weighted by molar-refractivity contribution is 7.45. The van der Waals surface area contributed by atoms with Crippen molar-refractivity contribution in [3.63, 3.8) is 0 Å². The van der Waals surface area contributed by atoms with E-state index in [9.17, 15) is 19.0 Å². The second kappa shape index (κ2) is 31.5. The number of carbonyl (C=O) groups excluding carboxylic acids is 2. The summed E-state index contributed by atoms with van der Waals surface area (Å²) >= 11 is 0. The molecule has 0 aliphatic carbocycles. The van der Waals surface area contributed by atoms with Crippen molar-refractivity contribution < 1.29 is 42.1 Å². The first-order chi connectivity index (χ1) is 23.0. The first kappa shape index (κ1) is 46.5. The Hall–Kier alpha value is -1.51. The first-order valence-corrected chi connectivity index (χ1v) is 20.5. The lowest BCUT2D eigenvalue weighted by molar-refractivity contribution is -0.870. The van der Waals surface area contributed by atoms with Gasteiger partial charge in [-0.15, -0.1) is 0 Å². The van der Waals surface area contributed by atoms with Crippen LogP contribution in [0.4, 0.5) is 0 Å². The number of rotatable bonds is 34. The molecule has 1 unspecified atom stereocenters. The summed E-state index contributed by atoms with van der Waals surface area (Å²) in [4.78, 5) is 37.1. The number of nitrogens with zero attached hydrogens (tertiary/aromatic N) is 1. The number of allylic oxidation sites excluding steroid dienone is 3. The molecule has 0 saturated heterocycles. The van der Waals surface area contributed by atoms with Gasteiger partial charge in [0.2, 0.25) is 0 Å². The summed E-state index contributed by atoms with van der Waals surface area (Å²) in [6, 6.07) is 0. The van der Waals surface area contributed by atoms with Crippen molar-refractivity contribution in [1.29, 1.82) is 0 Å². The molecule has 9 nitrogen and oxygen atoms in total. The molecular weight excluding hydrogens is 629 g/mol. The fourth-order valence-electron chi connectivity index (χ4n) is 5.04. The van der Waals surface area contributed by atoms with Crippen LogP contribution in [0.5, 0.6) is 0 Å². The zero-order valence-corrected chi connectivity index (χ0v) is 32.3. The number of quaternary nitrogens is 1. The summed E-state index contributed by atoms with van der Waals surface area (Å²) in [5.41, 5.74) is 0. The van der Waals surface area contributed by atoms with Crippen molar-refractivity contribution in [1.82, 2.24) is 0 Å². The summed E-state index contributed by atoms with van der Waals surface area (Å²) in [6.07, 6.45) is 31.3. The molecule has 0 spiro atoms. The average Bonchev–Trinajstić information content (AvgIpc) is 3.02. The van der Waals surface area contributed by atoms with E-state index in [0.717, 1.165) is 32.1 Å². The van der Waals surface area contributed by atoms with Gasteiger partial charge in [-0.3, -0.25) is 9.36 Å². The molecule has 10 heteroatoms. The Morgan fingerprint density at radius 3 is 1.71 bits per heavy atom. The van der Waals surface area contributed by atoms with Gasteiger partial charge in [-0.2, -0.15) is 0 Å². The van der Waals surface area contributed by atoms with Gasteiger partial charge in [0.25, 0.3) is 7.82 Å². The van der Waals surface area contributed by atoms with E-state index in [1.807, 2.05) is 33.3 Å². The molecule has 0 amide bonds. The molecule has 0 rings (SSSR count). The van der Waals surface area contributed by atoms with Gasteiger partial charge in [-0.1, -0.05) is 148 Å². The molecule has 0 aromatic heterocycles. The minimum atomic E-state index is -4.63. The molecule has 0 aromatic rings. The van der Waals surface area contributed by atoms with E-state index in [2.05, 4.69) is 13.8 Å². The Balaban J connectivity index is 4.51. The molecule has 2 atom stereocenters. The smallest absolute Gasteiger partial charge is 0.330 e. The number of hydrogen-bond acceptors (Lipinski definition) is 8. The van der Waals surface area contributed by atoms with Crippen LogP contribution in [0.1, 0.15) is 155 Å². The molecule has 0 aliphatic heterocycles. The van der Waals surface area contributed by atoms with Gasteiger partial charge < -0.3 is 27.9 Å². The summed E-state index contributed by atoms with van der Waals surface area (Å²) in [5, 5.41) is 0. The van der Waals surface area contributed by atoms with Crippen molar-refractivity contribution in [2.24, 2.45) is 0 Å². The second-order valence-corrected chi connectivity index (χ2v) is 15.4. The van der Waals surface area contributed by atoms with Gasteiger partial charge >= 0.3 is 11.9 Å². The quantitative estimate of drug-likeness (QED) is 0.0163. The number of phosphoric acid groups is 1. The fraction of sp³-hybridized carbons (Fsp3) is 0.842. The number of esters is 2. The third-order valence-electron chi connectivity index (χ3n) is 8.08. The van der Waals surface area contributed by atoms with Crippen LogP contribution >= 0.6 is 7.82 Å². The first-order valence-electron chi connectivity index (χ1n) is 19.1. The van der Waals surface area contributed by atoms with E-state index in [4.69, 9.17) is 18.5 Å². The van der Waals surface area contributed by atoms with Gasteiger partial charge in [0.1, 0.15) is 19.8 Å². The Labute approximate surface area is 294 Å². The van der Waals surface area contributed by atoms with Crippen molar-refractivity contribution in [3.8, 4) is 0 Å². The Kier molecular flexibility index (Phi) is 30.5. The van der Waals surface area contributed by atoms with Crippen LogP contribution in [-0.2, 0) is 32.7 Å². The molecule has 0 saturated carbocycles. The lowest BCUT2D eigenvalue weighted by Gasteiger charge is -2.28. The molecular formula is C38H72NO8P.